The predicted octanol–water partition coefficient (Wildman–Crippen LogP) is 4.37. The molecule has 0 spiro atoms. The molecule has 0 aromatic heterocycles. The number of carbonyl (C=O) groups is 3. The topological polar surface area (TPSA) is 87.3 Å². The zero-order valence-corrected chi connectivity index (χ0v) is 18.1. The predicted molar refractivity (Wildman–Crippen MR) is 122 cm³/mol. The number of anilines is 2. The van der Waals surface area contributed by atoms with Crippen LogP contribution in [0.15, 0.2) is 60.7 Å². The molecule has 0 radical (unpaired) electrons. The Morgan fingerprint density at radius 1 is 0.781 bits per heavy atom. The Kier molecular flexibility index (Phi) is 7.00. The maximum atomic E-state index is 13.0. The largest absolute Gasteiger partial charge is 0.343 e. The summed E-state index contributed by atoms with van der Waals surface area (Å²) < 4.78 is 13.0. The smallest absolute Gasteiger partial charge is 0.255 e. The summed E-state index contributed by atoms with van der Waals surface area (Å²) in [4.78, 5) is 37.1. The molecule has 0 saturated heterocycles. The summed E-state index contributed by atoms with van der Waals surface area (Å²) in [5.41, 5.74) is 4.73. The van der Waals surface area contributed by atoms with Crippen LogP contribution in [0.3, 0.4) is 0 Å². The number of hydrogen-bond donors (Lipinski definition) is 3. The van der Waals surface area contributed by atoms with Crippen LogP contribution in [0.2, 0.25) is 0 Å². The molecule has 0 aliphatic carbocycles. The van der Waals surface area contributed by atoms with Gasteiger partial charge >= 0.3 is 0 Å². The van der Waals surface area contributed by atoms with Crippen LogP contribution < -0.4 is 16.0 Å². The van der Waals surface area contributed by atoms with Crippen molar-refractivity contribution in [3.63, 3.8) is 0 Å². The molecule has 3 aromatic rings. The molecule has 0 fully saturated rings. The van der Waals surface area contributed by atoms with Crippen LogP contribution in [0.5, 0.6) is 0 Å². The lowest BCUT2D eigenvalue weighted by Gasteiger charge is -2.13. The quantitative estimate of drug-likeness (QED) is 0.539. The van der Waals surface area contributed by atoms with E-state index < -0.39 is 17.6 Å². The van der Waals surface area contributed by atoms with Crippen molar-refractivity contribution in [1.29, 1.82) is 0 Å². The van der Waals surface area contributed by atoms with Gasteiger partial charge in [-0.3, -0.25) is 14.4 Å². The van der Waals surface area contributed by atoms with E-state index in [0.29, 0.717) is 11.3 Å². The summed E-state index contributed by atoms with van der Waals surface area (Å²) in [6.45, 7) is 5.62. The highest BCUT2D eigenvalue weighted by Crippen LogP contribution is 2.21. The summed E-state index contributed by atoms with van der Waals surface area (Å²) in [5, 5.41) is 8.08. The van der Waals surface area contributed by atoms with Gasteiger partial charge < -0.3 is 16.0 Å². The lowest BCUT2D eigenvalue weighted by atomic mass is 10.1. The number of carbonyl (C=O) groups excluding carboxylic acids is 3. The Hall–Kier alpha value is -4.00. The third-order valence-electron chi connectivity index (χ3n) is 4.84. The zero-order valence-electron chi connectivity index (χ0n) is 18.1. The maximum Gasteiger partial charge on any atom is 0.255 e. The van der Waals surface area contributed by atoms with Crippen LogP contribution in [-0.4, -0.2) is 24.3 Å². The average Bonchev–Trinajstić information content (AvgIpc) is 2.75. The van der Waals surface area contributed by atoms with Gasteiger partial charge in [-0.1, -0.05) is 23.8 Å². The van der Waals surface area contributed by atoms with E-state index in [1.54, 1.807) is 18.2 Å². The number of nitrogens with one attached hydrogen (secondary N) is 3. The molecule has 164 valence electrons. The lowest BCUT2D eigenvalue weighted by molar-refractivity contribution is -0.115. The molecular formula is C25H24FN3O3. The molecule has 3 aromatic carbocycles. The summed E-state index contributed by atoms with van der Waals surface area (Å²) in [7, 11) is 0. The molecule has 6 nitrogen and oxygen atoms in total. The fourth-order valence-corrected chi connectivity index (χ4v) is 3.37. The van der Waals surface area contributed by atoms with Crippen molar-refractivity contribution in [1.82, 2.24) is 5.32 Å². The van der Waals surface area contributed by atoms with Crippen LogP contribution in [0.1, 0.15) is 37.4 Å². The van der Waals surface area contributed by atoms with Crippen LogP contribution in [-0.2, 0) is 4.79 Å². The second kappa shape index (κ2) is 9.87. The molecule has 7 heteroatoms. The van der Waals surface area contributed by atoms with E-state index in [0.717, 1.165) is 22.4 Å². The number of halogens is 1. The van der Waals surface area contributed by atoms with Crippen LogP contribution in [0.4, 0.5) is 15.8 Å². The number of benzene rings is 3. The van der Waals surface area contributed by atoms with Gasteiger partial charge in [0.15, 0.2) is 0 Å². The first-order chi connectivity index (χ1) is 15.2. The van der Waals surface area contributed by atoms with Gasteiger partial charge in [0.25, 0.3) is 11.8 Å². The standard InChI is InChI=1S/C25H24FN3O3/c1-15-11-16(2)23(17(3)12-15)29-22(30)14-27-24(31)19-5-4-6-21(13-19)28-25(32)18-7-9-20(26)10-8-18/h4-13H,14H2,1-3H3,(H,27,31)(H,28,32)(H,29,30). The van der Waals surface area contributed by atoms with Gasteiger partial charge in [0.1, 0.15) is 5.82 Å². The first-order valence-corrected chi connectivity index (χ1v) is 10.1. The Labute approximate surface area is 185 Å². The van der Waals surface area contributed by atoms with Gasteiger partial charge in [-0.05, 0) is 74.4 Å². The Balaban J connectivity index is 1.59. The number of rotatable bonds is 6. The fourth-order valence-electron chi connectivity index (χ4n) is 3.37. The van der Waals surface area contributed by atoms with Gasteiger partial charge in [0, 0.05) is 22.5 Å². The lowest BCUT2D eigenvalue weighted by Crippen LogP contribution is -2.33. The first-order valence-electron chi connectivity index (χ1n) is 10.1. The molecule has 0 aliphatic rings. The first kappa shape index (κ1) is 22.7. The normalized spacial score (nSPS) is 10.4. The van der Waals surface area contributed by atoms with Gasteiger partial charge in [-0.15, -0.1) is 0 Å². The van der Waals surface area contributed by atoms with E-state index in [1.807, 2.05) is 32.9 Å². The van der Waals surface area contributed by atoms with E-state index >= 15 is 0 Å². The van der Waals surface area contributed by atoms with Crippen molar-refractivity contribution in [3.05, 3.63) is 94.3 Å². The Morgan fingerprint density at radius 3 is 2.09 bits per heavy atom. The van der Waals surface area contributed by atoms with Crippen molar-refractivity contribution in [3.8, 4) is 0 Å². The third-order valence-corrected chi connectivity index (χ3v) is 4.84. The SMILES string of the molecule is Cc1cc(C)c(NC(=O)CNC(=O)c2cccc(NC(=O)c3ccc(F)cc3)c2)c(C)c1. The summed E-state index contributed by atoms with van der Waals surface area (Å²) >= 11 is 0. The molecule has 0 unspecified atom stereocenters. The van der Waals surface area contributed by atoms with E-state index in [4.69, 9.17) is 0 Å². The highest BCUT2D eigenvalue weighted by atomic mass is 19.1. The number of hydrogen-bond acceptors (Lipinski definition) is 3. The molecular weight excluding hydrogens is 409 g/mol. The maximum absolute atomic E-state index is 13.0. The van der Waals surface area contributed by atoms with Gasteiger partial charge in [-0.25, -0.2) is 4.39 Å². The van der Waals surface area contributed by atoms with Crippen molar-refractivity contribution in [2.24, 2.45) is 0 Å². The second-order valence-corrected chi connectivity index (χ2v) is 7.55. The fraction of sp³-hybridized carbons (Fsp3) is 0.160. The highest BCUT2D eigenvalue weighted by molar-refractivity contribution is 6.05. The molecule has 0 atom stereocenters. The molecule has 3 amide bonds. The highest BCUT2D eigenvalue weighted by Gasteiger charge is 2.12. The molecule has 3 N–H and O–H groups in total. The molecule has 0 bridgehead atoms. The van der Waals surface area contributed by atoms with Gasteiger partial charge in [-0.2, -0.15) is 0 Å². The van der Waals surface area contributed by atoms with Crippen LogP contribution in [0, 0.1) is 26.6 Å². The van der Waals surface area contributed by atoms with Crippen molar-refractivity contribution in [2.75, 3.05) is 17.2 Å². The van der Waals surface area contributed by atoms with E-state index in [9.17, 15) is 18.8 Å². The Morgan fingerprint density at radius 2 is 1.44 bits per heavy atom. The molecule has 0 heterocycles. The minimum Gasteiger partial charge on any atom is -0.343 e. The summed E-state index contributed by atoms with van der Waals surface area (Å²) in [5.74, 6) is -1.65. The number of amides is 3. The minimum atomic E-state index is -0.449. The van der Waals surface area contributed by atoms with Crippen LogP contribution in [0.25, 0.3) is 0 Å². The molecule has 32 heavy (non-hydrogen) atoms. The molecule has 0 aliphatic heterocycles. The third kappa shape index (κ3) is 5.78. The summed E-state index contributed by atoms with van der Waals surface area (Å²) in [6, 6.07) is 15.4. The zero-order chi connectivity index (χ0) is 23.3. The van der Waals surface area contributed by atoms with E-state index in [-0.39, 0.29) is 18.0 Å². The summed E-state index contributed by atoms with van der Waals surface area (Å²) in [6.07, 6.45) is 0. The van der Waals surface area contributed by atoms with Crippen molar-refractivity contribution in [2.45, 2.75) is 20.8 Å². The molecule has 3 rings (SSSR count). The molecule has 0 saturated carbocycles. The van der Waals surface area contributed by atoms with Crippen molar-refractivity contribution >= 4 is 29.1 Å². The van der Waals surface area contributed by atoms with Gasteiger partial charge in [0.2, 0.25) is 5.91 Å². The van der Waals surface area contributed by atoms with Crippen molar-refractivity contribution < 1.29 is 18.8 Å². The van der Waals surface area contributed by atoms with Gasteiger partial charge in [0.05, 0.1) is 6.54 Å². The number of aryl methyl sites for hydroxylation is 3. The van der Waals surface area contributed by atoms with E-state index in [1.165, 1.54) is 30.3 Å². The average molecular weight is 433 g/mol. The van der Waals surface area contributed by atoms with E-state index in [2.05, 4.69) is 16.0 Å². The Bertz CT molecular complexity index is 1150. The second-order valence-electron chi connectivity index (χ2n) is 7.55. The monoisotopic (exact) mass is 433 g/mol. The van der Waals surface area contributed by atoms with Crippen LogP contribution >= 0.6 is 0 Å². The minimum absolute atomic E-state index is 0.197.